The number of carbonyl (C=O) groups excluding carboxylic acids is 1. The van der Waals surface area contributed by atoms with Crippen LogP contribution in [0.1, 0.15) is 18.1 Å². The third kappa shape index (κ3) is 5.80. The zero-order valence-electron chi connectivity index (χ0n) is 11.5. The Kier molecular flexibility index (Phi) is 8.00. The molecule has 1 saturated heterocycles. The number of hydrogen-bond acceptors (Lipinski definition) is 4. The lowest BCUT2D eigenvalue weighted by Crippen LogP contribution is -2.41. The molecular formula is C14H20Cl2N2O3. The van der Waals surface area contributed by atoms with Crippen molar-refractivity contribution >= 4 is 29.9 Å². The van der Waals surface area contributed by atoms with Crippen LogP contribution in [0.5, 0.6) is 0 Å². The third-order valence-electron chi connectivity index (χ3n) is 3.17. The molecular weight excluding hydrogens is 315 g/mol. The number of rotatable bonds is 5. The van der Waals surface area contributed by atoms with E-state index in [4.69, 9.17) is 16.3 Å². The molecule has 1 amide bonds. The Morgan fingerprint density at radius 2 is 2.29 bits per heavy atom. The van der Waals surface area contributed by atoms with Crippen molar-refractivity contribution in [3.05, 3.63) is 34.9 Å². The van der Waals surface area contributed by atoms with Gasteiger partial charge in [-0.2, -0.15) is 0 Å². The van der Waals surface area contributed by atoms with Crippen LogP contribution in [0.4, 0.5) is 0 Å². The highest BCUT2D eigenvalue weighted by Crippen LogP contribution is 2.21. The van der Waals surface area contributed by atoms with Crippen LogP contribution in [0.3, 0.4) is 0 Å². The van der Waals surface area contributed by atoms with Gasteiger partial charge in [0.25, 0.3) is 0 Å². The number of nitrogens with one attached hydrogen (secondary N) is 2. The topological polar surface area (TPSA) is 70.6 Å². The number of hydrogen-bond donors (Lipinski definition) is 3. The van der Waals surface area contributed by atoms with Gasteiger partial charge in [-0.3, -0.25) is 4.79 Å². The first-order chi connectivity index (χ1) is 9.66. The average Bonchev–Trinajstić information content (AvgIpc) is 2.46. The van der Waals surface area contributed by atoms with Crippen LogP contribution >= 0.6 is 24.0 Å². The van der Waals surface area contributed by atoms with Gasteiger partial charge in [0.15, 0.2) is 0 Å². The fourth-order valence-corrected chi connectivity index (χ4v) is 2.36. The molecule has 1 aliphatic heterocycles. The van der Waals surface area contributed by atoms with Crippen molar-refractivity contribution in [3.8, 4) is 0 Å². The van der Waals surface area contributed by atoms with E-state index in [0.717, 1.165) is 6.54 Å². The Bertz CT molecular complexity index is 454. The van der Waals surface area contributed by atoms with E-state index in [1.807, 2.05) is 0 Å². The van der Waals surface area contributed by atoms with Crippen molar-refractivity contribution in [1.29, 1.82) is 0 Å². The monoisotopic (exact) mass is 334 g/mol. The Balaban J connectivity index is 0.00000220. The van der Waals surface area contributed by atoms with E-state index in [2.05, 4.69) is 10.6 Å². The first kappa shape index (κ1) is 18.2. The van der Waals surface area contributed by atoms with Gasteiger partial charge in [0.1, 0.15) is 0 Å². The average molecular weight is 335 g/mol. The molecule has 1 aromatic carbocycles. The van der Waals surface area contributed by atoms with Gasteiger partial charge in [-0.15, -0.1) is 12.4 Å². The summed E-state index contributed by atoms with van der Waals surface area (Å²) in [5, 5.41) is 16.4. The molecule has 118 valence electrons. The molecule has 0 radical (unpaired) electrons. The molecule has 1 heterocycles. The van der Waals surface area contributed by atoms with Gasteiger partial charge in [0, 0.05) is 30.2 Å². The van der Waals surface area contributed by atoms with E-state index >= 15 is 0 Å². The fraction of sp³-hybridized carbons (Fsp3) is 0.500. The van der Waals surface area contributed by atoms with Crippen LogP contribution < -0.4 is 10.6 Å². The van der Waals surface area contributed by atoms with Crippen molar-refractivity contribution in [2.75, 3.05) is 26.2 Å². The summed E-state index contributed by atoms with van der Waals surface area (Å²) in [6.07, 6.45) is -0.610. The summed E-state index contributed by atoms with van der Waals surface area (Å²) in [6, 6.07) is 7.05. The van der Waals surface area contributed by atoms with Crippen molar-refractivity contribution in [2.24, 2.45) is 0 Å². The smallest absolute Gasteiger partial charge is 0.222 e. The van der Waals surface area contributed by atoms with Crippen LogP contribution in [-0.4, -0.2) is 43.4 Å². The predicted molar refractivity (Wildman–Crippen MR) is 83.9 cm³/mol. The zero-order chi connectivity index (χ0) is 14.4. The normalized spacial score (nSPS) is 19.4. The largest absolute Gasteiger partial charge is 0.387 e. The lowest BCUT2D eigenvalue weighted by molar-refractivity contribution is -0.124. The van der Waals surface area contributed by atoms with E-state index in [9.17, 15) is 9.90 Å². The molecule has 1 fully saturated rings. The number of aliphatic hydroxyl groups is 1. The van der Waals surface area contributed by atoms with Crippen molar-refractivity contribution in [2.45, 2.75) is 18.6 Å². The van der Waals surface area contributed by atoms with Gasteiger partial charge in [-0.25, -0.2) is 0 Å². The van der Waals surface area contributed by atoms with Crippen LogP contribution in [0, 0.1) is 0 Å². The minimum atomic E-state index is -0.807. The highest BCUT2D eigenvalue weighted by atomic mass is 35.5. The molecule has 3 N–H and O–H groups in total. The van der Waals surface area contributed by atoms with Gasteiger partial charge < -0.3 is 20.5 Å². The molecule has 5 nitrogen and oxygen atoms in total. The SMILES string of the molecule is Cl.O=C(CC1CNCCO1)NCC(O)c1ccccc1Cl. The molecule has 21 heavy (non-hydrogen) atoms. The maximum atomic E-state index is 11.8. The molecule has 1 aromatic rings. The molecule has 0 saturated carbocycles. The summed E-state index contributed by atoms with van der Waals surface area (Å²) >= 11 is 5.99. The molecule has 1 aliphatic rings. The number of benzene rings is 1. The summed E-state index contributed by atoms with van der Waals surface area (Å²) in [5.74, 6) is -0.134. The predicted octanol–water partition coefficient (Wildman–Crippen LogP) is 1.29. The van der Waals surface area contributed by atoms with E-state index < -0.39 is 6.10 Å². The van der Waals surface area contributed by atoms with Crippen molar-refractivity contribution < 1.29 is 14.6 Å². The van der Waals surface area contributed by atoms with Crippen LogP contribution in [0.25, 0.3) is 0 Å². The first-order valence-electron chi connectivity index (χ1n) is 6.68. The lowest BCUT2D eigenvalue weighted by atomic mass is 10.1. The number of morpholine rings is 1. The molecule has 2 atom stereocenters. The Morgan fingerprint density at radius 1 is 1.52 bits per heavy atom. The second-order valence-electron chi connectivity index (χ2n) is 4.74. The van der Waals surface area contributed by atoms with Crippen LogP contribution in [-0.2, 0) is 9.53 Å². The highest BCUT2D eigenvalue weighted by Gasteiger charge is 2.18. The third-order valence-corrected chi connectivity index (χ3v) is 3.52. The van der Waals surface area contributed by atoms with Crippen LogP contribution in [0.15, 0.2) is 24.3 Å². The summed E-state index contributed by atoms with van der Waals surface area (Å²) in [5.41, 5.74) is 0.616. The van der Waals surface area contributed by atoms with Crippen LogP contribution in [0.2, 0.25) is 5.02 Å². The quantitative estimate of drug-likeness (QED) is 0.758. The minimum Gasteiger partial charge on any atom is -0.387 e. The van der Waals surface area contributed by atoms with Gasteiger partial charge in [-0.05, 0) is 6.07 Å². The first-order valence-corrected chi connectivity index (χ1v) is 7.06. The maximum absolute atomic E-state index is 11.8. The molecule has 0 bridgehead atoms. The molecule has 0 aromatic heterocycles. The molecule has 2 rings (SSSR count). The molecule has 7 heteroatoms. The van der Waals surface area contributed by atoms with Gasteiger partial charge >= 0.3 is 0 Å². The number of ether oxygens (including phenoxy) is 1. The summed E-state index contributed by atoms with van der Waals surface area (Å²) < 4.78 is 5.45. The number of carbonyl (C=O) groups is 1. The molecule has 2 unspecified atom stereocenters. The molecule has 0 aliphatic carbocycles. The lowest BCUT2D eigenvalue weighted by Gasteiger charge is -2.23. The second-order valence-corrected chi connectivity index (χ2v) is 5.15. The Morgan fingerprint density at radius 3 is 2.95 bits per heavy atom. The van der Waals surface area contributed by atoms with Crippen molar-refractivity contribution in [1.82, 2.24) is 10.6 Å². The summed E-state index contributed by atoms with van der Waals surface area (Å²) in [6.45, 7) is 2.27. The van der Waals surface area contributed by atoms with Gasteiger partial charge in [-0.1, -0.05) is 29.8 Å². The second kappa shape index (κ2) is 9.23. The maximum Gasteiger partial charge on any atom is 0.222 e. The van der Waals surface area contributed by atoms with E-state index in [1.165, 1.54) is 0 Å². The van der Waals surface area contributed by atoms with E-state index in [-0.39, 0.29) is 31.0 Å². The fourth-order valence-electron chi connectivity index (χ4n) is 2.10. The Hall–Kier alpha value is -0.850. The minimum absolute atomic E-state index is 0. The zero-order valence-corrected chi connectivity index (χ0v) is 13.1. The van der Waals surface area contributed by atoms with Gasteiger partial charge in [0.2, 0.25) is 5.91 Å². The number of aliphatic hydroxyl groups excluding tert-OH is 1. The standard InChI is InChI=1S/C14H19ClN2O3.ClH/c15-12-4-2-1-3-11(12)13(18)9-17-14(19)7-10-8-16-5-6-20-10;/h1-4,10,13,16,18H,5-9H2,(H,17,19);1H. The summed E-state index contributed by atoms with van der Waals surface area (Å²) in [4.78, 5) is 11.8. The number of halogens is 2. The van der Waals surface area contributed by atoms with E-state index in [0.29, 0.717) is 30.2 Å². The van der Waals surface area contributed by atoms with Crippen molar-refractivity contribution in [3.63, 3.8) is 0 Å². The molecule has 0 spiro atoms. The van der Waals surface area contributed by atoms with Gasteiger partial charge in [0.05, 0.1) is 25.2 Å². The Labute approximate surface area is 135 Å². The number of amides is 1. The highest BCUT2D eigenvalue weighted by molar-refractivity contribution is 6.31. The van der Waals surface area contributed by atoms with E-state index in [1.54, 1.807) is 24.3 Å². The summed E-state index contributed by atoms with van der Waals surface area (Å²) in [7, 11) is 0.